The van der Waals surface area contributed by atoms with Gasteiger partial charge in [-0.3, -0.25) is 0 Å². The second kappa shape index (κ2) is 5.09. The zero-order valence-electron chi connectivity index (χ0n) is 9.10. The minimum absolute atomic E-state index is 0.475. The van der Waals surface area contributed by atoms with Crippen LogP contribution in [0.1, 0.15) is 23.7 Å². The number of aliphatic imine (C=N–C) groups is 1. The minimum Gasteiger partial charge on any atom is -0.476 e. The number of rotatable bonds is 4. The van der Waals surface area contributed by atoms with Crippen molar-refractivity contribution < 1.29 is 9.84 Å². The van der Waals surface area contributed by atoms with E-state index < -0.39 is 6.10 Å². The minimum atomic E-state index is -0.507. The van der Waals surface area contributed by atoms with E-state index in [1.165, 1.54) is 0 Å². The highest BCUT2D eigenvalue weighted by atomic mass is 16.5. The van der Waals surface area contributed by atoms with Crippen molar-refractivity contribution in [2.24, 2.45) is 10.7 Å². The van der Waals surface area contributed by atoms with Crippen LogP contribution in [0.15, 0.2) is 29.3 Å². The lowest BCUT2D eigenvalue weighted by Crippen LogP contribution is -2.08. The van der Waals surface area contributed by atoms with Crippen LogP contribution in [0.3, 0.4) is 0 Å². The van der Waals surface area contributed by atoms with E-state index >= 15 is 0 Å². The van der Waals surface area contributed by atoms with E-state index in [1.807, 2.05) is 24.3 Å². The number of nitrogens with zero attached hydrogens (tertiary/aromatic N) is 1. The quantitative estimate of drug-likeness (QED) is 0.790. The topological polar surface area (TPSA) is 67.8 Å². The van der Waals surface area contributed by atoms with Crippen LogP contribution >= 0.6 is 0 Å². The Morgan fingerprint density at radius 1 is 1.50 bits per heavy atom. The number of hydrogen-bond acceptors (Lipinski definition) is 4. The Hall–Kier alpha value is -1.39. The molecule has 1 unspecified atom stereocenters. The smallest absolute Gasteiger partial charge is 0.216 e. The highest BCUT2D eigenvalue weighted by Crippen LogP contribution is 2.18. The van der Waals surface area contributed by atoms with Gasteiger partial charge in [0.1, 0.15) is 6.61 Å². The third-order valence-electron chi connectivity index (χ3n) is 2.54. The van der Waals surface area contributed by atoms with Gasteiger partial charge < -0.3 is 15.6 Å². The summed E-state index contributed by atoms with van der Waals surface area (Å²) in [5, 5.41) is 9.83. The number of benzene rings is 1. The summed E-state index contributed by atoms with van der Waals surface area (Å²) in [6, 6.07) is 7.63. The van der Waals surface area contributed by atoms with E-state index in [9.17, 15) is 5.11 Å². The molecule has 4 nitrogen and oxygen atoms in total. The molecule has 1 atom stereocenters. The molecular weight excluding hydrogens is 204 g/mol. The number of ether oxygens (including phenoxy) is 1. The molecule has 86 valence electrons. The largest absolute Gasteiger partial charge is 0.476 e. The Morgan fingerprint density at radius 2 is 2.38 bits per heavy atom. The van der Waals surface area contributed by atoms with E-state index in [0.29, 0.717) is 32.0 Å². The van der Waals surface area contributed by atoms with Gasteiger partial charge in [0.25, 0.3) is 0 Å². The Morgan fingerprint density at radius 3 is 3.06 bits per heavy atom. The molecule has 0 radical (unpaired) electrons. The maximum absolute atomic E-state index is 9.83. The van der Waals surface area contributed by atoms with Crippen LogP contribution in [0.5, 0.6) is 0 Å². The first-order valence-electron chi connectivity index (χ1n) is 5.47. The molecule has 3 N–H and O–H groups in total. The summed E-state index contributed by atoms with van der Waals surface area (Å²) in [7, 11) is 0. The lowest BCUT2D eigenvalue weighted by Gasteiger charge is -2.11. The molecule has 1 aliphatic heterocycles. The molecule has 0 bridgehead atoms. The number of hydrogen-bond donors (Lipinski definition) is 2. The molecule has 1 aliphatic rings. The second-order valence-corrected chi connectivity index (χ2v) is 3.75. The SMILES string of the molecule is NCCC(O)c1cccc(C2=NCCO2)c1. The number of aliphatic hydroxyl groups excluding tert-OH is 1. The van der Waals surface area contributed by atoms with E-state index in [1.54, 1.807) is 0 Å². The number of aliphatic hydroxyl groups is 1. The predicted octanol–water partition coefficient (Wildman–Crippen LogP) is 0.846. The molecule has 1 aromatic carbocycles. The Kier molecular flexibility index (Phi) is 3.54. The Balaban J connectivity index is 2.19. The summed E-state index contributed by atoms with van der Waals surface area (Å²) in [6.45, 7) is 1.83. The van der Waals surface area contributed by atoms with Gasteiger partial charge in [0.2, 0.25) is 5.90 Å². The molecular formula is C12H16N2O2. The van der Waals surface area contributed by atoms with Crippen LogP contribution in [0.25, 0.3) is 0 Å². The van der Waals surface area contributed by atoms with Gasteiger partial charge >= 0.3 is 0 Å². The molecule has 1 heterocycles. The van der Waals surface area contributed by atoms with Gasteiger partial charge in [-0.2, -0.15) is 0 Å². The van der Waals surface area contributed by atoms with Crippen molar-refractivity contribution in [2.75, 3.05) is 19.7 Å². The summed E-state index contributed by atoms with van der Waals surface area (Å²) in [6.07, 6.45) is 0.0588. The fourth-order valence-corrected chi connectivity index (χ4v) is 1.71. The van der Waals surface area contributed by atoms with Gasteiger partial charge in [-0.05, 0) is 30.7 Å². The second-order valence-electron chi connectivity index (χ2n) is 3.75. The Labute approximate surface area is 94.8 Å². The van der Waals surface area contributed by atoms with E-state index in [2.05, 4.69) is 4.99 Å². The maximum atomic E-state index is 9.83. The van der Waals surface area contributed by atoms with E-state index in [0.717, 1.165) is 11.1 Å². The van der Waals surface area contributed by atoms with Gasteiger partial charge in [0, 0.05) is 5.56 Å². The van der Waals surface area contributed by atoms with E-state index in [4.69, 9.17) is 10.5 Å². The highest BCUT2D eigenvalue weighted by molar-refractivity contribution is 5.95. The summed E-state index contributed by atoms with van der Waals surface area (Å²) in [5.41, 5.74) is 7.20. The molecule has 16 heavy (non-hydrogen) atoms. The molecule has 4 heteroatoms. The monoisotopic (exact) mass is 220 g/mol. The maximum Gasteiger partial charge on any atom is 0.216 e. The average molecular weight is 220 g/mol. The summed E-state index contributed by atoms with van der Waals surface area (Å²) in [5.74, 6) is 0.668. The first kappa shape index (κ1) is 11.1. The van der Waals surface area contributed by atoms with Crippen LogP contribution in [-0.2, 0) is 4.74 Å². The van der Waals surface area contributed by atoms with Crippen LogP contribution in [0.2, 0.25) is 0 Å². The molecule has 0 amide bonds. The van der Waals surface area contributed by atoms with Crippen LogP contribution in [0.4, 0.5) is 0 Å². The molecule has 0 saturated carbocycles. The lowest BCUT2D eigenvalue weighted by atomic mass is 10.0. The molecule has 0 spiro atoms. The van der Waals surface area contributed by atoms with Crippen LogP contribution in [-0.4, -0.2) is 30.7 Å². The van der Waals surface area contributed by atoms with Crippen molar-refractivity contribution in [3.63, 3.8) is 0 Å². The van der Waals surface area contributed by atoms with Gasteiger partial charge in [0.05, 0.1) is 12.6 Å². The van der Waals surface area contributed by atoms with Gasteiger partial charge in [-0.25, -0.2) is 4.99 Å². The average Bonchev–Trinajstić information content (AvgIpc) is 2.83. The fraction of sp³-hybridized carbons (Fsp3) is 0.417. The van der Waals surface area contributed by atoms with Crippen molar-refractivity contribution in [1.29, 1.82) is 0 Å². The van der Waals surface area contributed by atoms with Gasteiger partial charge in [0.15, 0.2) is 0 Å². The van der Waals surface area contributed by atoms with Crippen LogP contribution < -0.4 is 5.73 Å². The summed E-state index contributed by atoms with van der Waals surface area (Å²) >= 11 is 0. The van der Waals surface area contributed by atoms with Gasteiger partial charge in [-0.1, -0.05) is 12.1 Å². The molecule has 0 aliphatic carbocycles. The van der Waals surface area contributed by atoms with Crippen molar-refractivity contribution in [2.45, 2.75) is 12.5 Å². The molecule has 2 rings (SSSR count). The zero-order valence-corrected chi connectivity index (χ0v) is 9.10. The molecule has 1 aromatic rings. The van der Waals surface area contributed by atoms with E-state index in [-0.39, 0.29) is 0 Å². The molecule has 0 aromatic heterocycles. The first-order valence-corrected chi connectivity index (χ1v) is 5.47. The predicted molar refractivity (Wildman–Crippen MR) is 62.4 cm³/mol. The lowest BCUT2D eigenvalue weighted by molar-refractivity contribution is 0.170. The van der Waals surface area contributed by atoms with Crippen LogP contribution in [0, 0.1) is 0 Å². The zero-order chi connectivity index (χ0) is 11.4. The summed E-state index contributed by atoms with van der Waals surface area (Å²) < 4.78 is 5.38. The third kappa shape index (κ3) is 2.40. The third-order valence-corrected chi connectivity index (χ3v) is 2.54. The molecule has 0 saturated heterocycles. The van der Waals surface area contributed by atoms with Crippen molar-refractivity contribution >= 4 is 5.90 Å². The summed E-state index contributed by atoms with van der Waals surface area (Å²) in [4.78, 5) is 4.24. The highest BCUT2D eigenvalue weighted by Gasteiger charge is 2.12. The van der Waals surface area contributed by atoms with Crippen molar-refractivity contribution in [3.05, 3.63) is 35.4 Å². The fourth-order valence-electron chi connectivity index (χ4n) is 1.71. The standard InChI is InChI=1S/C12H16N2O2/c13-5-4-11(15)9-2-1-3-10(8-9)12-14-6-7-16-12/h1-3,8,11,15H,4-7,13H2. The molecule has 0 fully saturated rings. The normalized spacial score (nSPS) is 16.8. The Bertz CT molecular complexity index is 390. The van der Waals surface area contributed by atoms with Gasteiger partial charge in [-0.15, -0.1) is 0 Å². The van der Waals surface area contributed by atoms with Crippen molar-refractivity contribution in [1.82, 2.24) is 0 Å². The van der Waals surface area contributed by atoms with Crippen molar-refractivity contribution in [3.8, 4) is 0 Å². The first-order chi connectivity index (χ1) is 7.81. The number of nitrogens with two attached hydrogens (primary N) is 1.